The average Bonchev–Trinajstić information content (AvgIpc) is 3.20. The molecule has 2 aliphatic rings. The van der Waals surface area contributed by atoms with Crippen molar-refractivity contribution < 1.29 is 9.63 Å². The summed E-state index contributed by atoms with van der Waals surface area (Å²) in [6, 6.07) is 11.9. The molecule has 1 fully saturated rings. The Hall–Kier alpha value is -1.79. The first-order chi connectivity index (χ1) is 13.9. The minimum Gasteiger partial charge on any atom is -0.351 e. The number of carbonyl (C=O) groups excluding carboxylic acids is 1. The Balaban J connectivity index is 1.61. The standard InChI is InChI=1S/C22H25Cl2N3O2/c1-25-13-19(18-11-16(23)12-21(24)20(18)14-25)15-6-5-7-17(10-15)26(2)22(28)29-27-8-3-4-9-27/h5-7,10-12,19H,3-4,8-9,13-14H2,1-2H3. The van der Waals surface area contributed by atoms with Crippen LogP contribution in [0.1, 0.15) is 35.4 Å². The third-order valence-electron chi connectivity index (χ3n) is 5.70. The number of likely N-dealkylation sites (N-methyl/N-ethyl adjacent to an activating group) is 1. The Labute approximate surface area is 181 Å². The van der Waals surface area contributed by atoms with Gasteiger partial charge in [0.05, 0.1) is 0 Å². The van der Waals surface area contributed by atoms with E-state index in [1.54, 1.807) is 23.1 Å². The fourth-order valence-electron chi connectivity index (χ4n) is 4.14. The van der Waals surface area contributed by atoms with E-state index in [2.05, 4.69) is 18.0 Å². The van der Waals surface area contributed by atoms with Crippen molar-refractivity contribution in [1.29, 1.82) is 0 Å². The lowest BCUT2D eigenvalue weighted by atomic mass is 9.84. The van der Waals surface area contributed by atoms with E-state index in [1.165, 1.54) is 0 Å². The van der Waals surface area contributed by atoms with Crippen molar-refractivity contribution in [1.82, 2.24) is 9.96 Å². The highest BCUT2D eigenvalue weighted by Gasteiger charge is 2.28. The van der Waals surface area contributed by atoms with Crippen molar-refractivity contribution in [3.05, 3.63) is 63.1 Å². The molecule has 1 saturated heterocycles. The Kier molecular flexibility index (Phi) is 6.02. The quantitative estimate of drug-likeness (QED) is 0.669. The molecule has 4 rings (SSSR count). The summed E-state index contributed by atoms with van der Waals surface area (Å²) in [4.78, 5) is 21.9. The van der Waals surface area contributed by atoms with Crippen molar-refractivity contribution in [2.45, 2.75) is 25.3 Å². The Bertz CT molecular complexity index is 915. The second-order valence-corrected chi connectivity index (χ2v) is 8.70. The van der Waals surface area contributed by atoms with Crippen LogP contribution in [-0.2, 0) is 11.4 Å². The molecule has 2 heterocycles. The Morgan fingerprint density at radius 1 is 1.17 bits per heavy atom. The molecule has 154 valence electrons. The van der Waals surface area contributed by atoms with Gasteiger partial charge in [0.25, 0.3) is 0 Å². The van der Waals surface area contributed by atoms with E-state index in [1.807, 2.05) is 24.3 Å². The zero-order chi connectivity index (χ0) is 20.5. The van der Waals surface area contributed by atoms with Gasteiger partial charge in [0.2, 0.25) is 0 Å². The van der Waals surface area contributed by atoms with Crippen molar-refractivity contribution in [3.63, 3.8) is 0 Å². The van der Waals surface area contributed by atoms with Crippen molar-refractivity contribution in [2.75, 3.05) is 38.6 Å². The number of halogens is 2. The van der Waals surface area contributed by atoms with Gasteiger partial charge in [0.1, 0.15) is 0 Å². The molecule has 1 atom stereocenters. The molecule has 0 aromatic heterocycles. The molecule has 1 unspecified atom stereocenters. The number of anilines is 1. The number of nitrogens with zero attached hydrogens (tertiary/aromatic N) is 3. The number of hydrogen-bond acceptors (Lipinski definition) is 4. The van der Waals surface area contributed by atoms with E-state index in [4.69, 9.17) is 28.0 Å². The van der Waals surface area contributed by atoms with E-state index < -0.39 is 0 Å². The lowest BCUT2D eigenvalue weighted by molar-refractivity contribution is -0.0766. The maximum atomic E-state index is 12.5. The second kappa shape index (κ2) is 8.52. The molecule has 1 amide bonds. The number of carbonyl (C=O) groups is 1. The zero-order valence-electron chi connectivity index (χ0n) is 16.7. The van der Waals surface area contributed by atoms with Gasteiger partial charge in [-0.2, -0.15) is 0 Å². The zero-order valence-corrected chi connectivity index (χ0v) is 18.2. The van der Waals surface area contributed by atoms with Gasteiger partial charge in [0, 0.05) is 54.9 Å². The van der Waals surface area contributed by atoms with Gasteiger partial charge in [-0.3, -0.25) is 4.90 Å². The molecule has 0 aliphatic carbocycles. The maximum absolute atomic E-state index is 12.5. The fourth-order valence-corrected chi connectivity index (χ4v) is 4.71. The van der Waals surface area contributed by atoms with Crippen LogP contribution >= 0.6 is 23.2 Å². The predicted octanol–water partition coefficient (Wildman–Crippen LogP) is 5.15. The molecule has 2 aromatic rings. The number of benzene rings is 2. The monoisotopic (exact) mass is 433 g/mol. The topological polar surface area (TPSA) is 36.0 Å². The van der Waals surface area contributed by atoms with Gasteiger partial charge in [0.15, 0.2) is 0 Å². The molecule has 5 nitrogen and oxygen atoms in total. The molecular weight excluding hydrogens is 409 g/mol. The highest BCUT2D eigenvalue weighted by atomic mass is 35.5. The van der Waals surface area contributed by atoms with Crippen LogP contribution in [0.25, 0.3) is 0 Å². The predicted molar refractivity (Wildman–Crippen MR) is 117 cm³/mol. The first kappa shape index (κ1) is 20.5. The highest BCUT2D eigenvalue weighted by molar-refractivity contribution is 6.35. The normalized spacial score (nSPS) is 19.8. The van der Waals surface area contributed by atoms with Crippen molar-refractivity contribution >= 4 is 35.0 Å². The van der Waals surface area contributed by atoms with E-state index >= 15 is 0 Å². The van der Waals surface area contributed by atoms with Crippen LogP contribution in [0.5, 0.6) is 0 Å². The third kappa shape index (κ3) is 4.38. The summed E-state index contributed by atoms with van der Waals surface area (Å²) in [7, 11) is 3.83. The van der Waals surface area contributed by atoms with Crippen LogP contribution in [0.2, 0.25) is 10.0 Å². The Morgan fingerprint density at radius 3 is 2.69 bits per heavy atom. The van der Waals surface area contributed by atoms with Crippen LogP contribution in [0.15, 0.2) is 36.4 Å². The Morgan fingerprint density at radius 2 is 1.93 bits per heavy atom. The number of hydrogen-bond donors (Lipinski definition) is 0. The van der Waals surface area contributed by atoms with Crippen molar-refractivity contribution in [3.8, 4) is 0 Å². The van der Waals surface area contributed by atoms with Crippen molar-refractivity contribution in [2.24, 2.45) is 0 Å². The van der Waals surface area contributed by atoms with Crippen LogP contribution in [-0.4, -0.2) is 49.8 Å². The lowest BCUT2D eigenvalue weighted by Crippen LogP contribution is -2.34. The van der Waals surface area contributed by atoms with Gasteiger partial charge in [-0.25, -0.2) is 4.79 Å². The molecule has 29 heavy (non-hydrogen) atoms. The fraction of sp³-hybridized carbons (Fsp3) is 0.409. The summed E-state index contributed by atoms with van der Waals surface area (Å²) in [5, 5.41) is 3.08. The third-order valence-corrected chi connectivity index (χ3v) is 6.25. The van der Waals surface area contributed by atoms with E-state index in [0.29, 0.717) is 10.0 Å². The van der Waals surface area contributed by atoms with E-state index in [0.717, 1.165) is 61.4 Å². The summed E-state index contributed by atoms with van der Waals surface area (Å²) in [6.07, 6.45) is 1.76. The van der Waals surface area contributed by atoms with Crippen LogP contribution in [0.4, 0.5) is 10.5 Å². The summed E-state index contributed by atoms with van der Waals surface area (Å²) < 4.78 is 0. The minimum absolute atomic E-state index is 0.128. The molecule has 0 N–H and O–H groups in total. The van der Waals surface area contributed by atoms with E-state index in [9.17, 15) is 4.79 Å². The van der Waals surface area contributed by atoms with Gasteiger partial charge < -0.3 is 9.74 Å². The molecule has 2 aliphatic heterocycles. The SMILES string of the molecule is CN1Cc2c(Cl)cc(Cl)cc2C(c2cccc(N(C)C(=O)ON3CCCC3)c2)C1. The molecule has 0 bridgehead atoms. The first-order valence-corrected chi connectivity index (χ1v) is 10.6. The second-order valence-electron chi connectivity index (χ2n) is 7.85. The summed E-state index contributed by atoms with van der Waals surface area (Å²) in [6.45, 7) is 3.25. The van der Waals surface area contributed by atoms with Gasteiger partial charge in [-0.15, -0.1) is 5.06 Å². The average molecular weight is 434 g/mol. The molecule has 0 saturated carbocycles. The molecule has 0 spiro atoms. The van der Waals surface area contributed by atoms with E-state index in [-0.39, 0.29) is 12.0 Å². The van der Waals surface area contributed by atoms with Crippen LogP contribution < -0.4 is 4.90 Å². The molecule has 7 heteroatoms. The van der Waals surface area contributed by atoms with Crippen LogP contribution in [0.3, 0.4) is 0 Å². The largest absolute Gasteiger partial charge is 0.433 e. The van der Waals surface area contributed by atoms with Gasteiger partial charge >= 0.3 is 6.09 Å². The number of amides is 1. The lowest BCUT2D eigenvalue weighted by Gasteiger charge is -2.33. The number of rotatable bonds is 3. The maximum Gasteiger partial charge on any atom is 0.433 e. The summed E-state index contributed by atoms with van der Waals surface area (Å²) in [5.74, 6) is 0.128. The smallest absolute Gasteiger partial charge is 0.351 e. The van der Waals surface area contributed by atoms with Gasteiger partial charge in [-0.05, 0) is 60.8 Å². The molecule has 2 aromatic carbocycles. The summed E-state index contributed by atoms with van der Waals surface area (Å²) in [5.41, 5.74) is 4.19. The number of fused-ring (bicyclic) bond motifs is 1. The minimum atomic E-state index is -0.365. The molecular formula is C22H25Cl2N3O2. The molecule has 0 radical (unpaired) electrons. The highest BCUT2D eigenvalue weighted by Crippen LogP contribution is 2.39. The first-order valence-electron chi connectivity index (χ1n) is 9.89. The van der Waals surface area contributed by atoms with Gasteiger partial charge in [-0.1, -0.05) is 35.3 Å². The van der Waals surface area contributed by atoms with Crippen LogP contribution in [0, 0.1) is 0 Å². The number of hydroxylamine groups is 2. The summed E-state index contributed by atoms with van der Waals surface area (Å²) >= 11 is 12.8.